The van der Waals surface area contributed by atoms with Crippen LogP contribution < -0.4 is 4.74 Å². The van der Waals surface area contributed by atoms with E-state index in [1.54, 1.807) is 30.2 Å². The smallest absolute Gasteiger partial charge is 0.146 e. The molecular formula is C19H24N4OS2. The van der Waals surface area contributed by atoms with Gasteiger partial charge >= 0.3 is 0 Å². The molecule has 1 aromatic carbocycles. The number of ether oxygens (including phenoxy) is 1. The predicted octanol–water partition coefficient (Wildman–Crippen LogP) is 4.50. The number of aromatic nitrogens is 3. The van der Waals surface area contributed by atoms with E-state index in [-0.39, 0.29) is 0 Å². The summed E-state index contributed by atoms with van der Waals surface area (Å²) < 4.78 is 6.44. The molecule has 3 aromatic rings. The lowest BCUT2D eigenvalue weighted by molar-refractivity contribution is 0.324. The highest BCUT2D eigenvalue weighted by atomic mass is 32.2. The Morgan fingerprint density at radius 2 is 2.00 bits per heavy atom. The number of hydrogen-bond acceptors (Lipinski definition) is 7. The lowest BCUT2D eigenvalue weighted by atomic mass is 10.1. The molecule has 7 heteroatoms. The number of thioether (sulfide) groups is 1. The molecule has 0 saturated carbocycles. The number of rotatable bonds is 8. The van der Waals surface area contributed by atoms with Gasteiger partial charge in [0.15, 0.2) is 0 Å². The van der Waals surface area contributed by atoms with E-state index in [1.165, 1.54) is 0 Å². The molecule has 0 fully saturated rings. The highest BCUT2D eigenvalue weighted by Crippen LogP contribution is 2.36. The number of fused-ring (bicyclic) bond motifs is 1. The van der Waals surface area contributed by atoms with Crippen molar-refractivity contribution in [2.75, 3.05) is 32.5 Å². The van der Waals surface area contributed by atoms with Crippen LogP contribution in [0.4, 0.5) is 0 Å². The topological polar surface area (TPSA) is 51.1 Å². The Kier molecular flexibility index (Phi) is 6.45. The maximum atomic E-state index is 5.34. The molecule has 26 heavy (non-hydrogen) atoms. The summed E-state index contributed by atoms with van der Waals surface area (Å²) >= 11 is 3.41. The van der Waals surface area contributed by atoms with Crippen molar-refractivity contribution in [3.63, 3.8) is 0 Å². The summed E-state index contributed by atoms with van der Waals surface area (Å²) in [5, 5.41) is 11.0. The SMILES string of the molecule is CCN(CC)CCSc1nnc(-c2cccc(OC)c2)c2sc(C)nc12. The van der Waals surface area contributed by atoms with E-state index < -0.39 is 0 Å². The van der Waals surface area contributed by atoms with E-state index in [4.69, 9.17) is 9.72 Å². The second-order valence-corrected chi connectivity index (χ2v) is 8.16. The lowest BCUT2D eigenvalue weighted by Crippen LogP contribution is -2.25. The van der Waals surface area contributed by atoms with Gasteiger partial charge in [-0.1, -0.05) is 26.0 Å². The van der Waals surface area contributed by atoms with Crippen molar-refractivity contribution in [3.8, 4) is 17.0 Å². The van der Waals surface area contributed by atoms with Crippen LogP contribution >= 0.6 is 23.1 Å². The normalized spacial score (nSPS) is 11.4. The van der Waals surface area contributed by atoms with Crippen LogP contribution in [0.15, 0.2) is 29.3 Å². The number of hydrogen-bond donors (Lipinski definition) is 0. The first-order chi connectivity index (χ1) is 12.7. The van der Waals surface area contributed by atoms with E-state index in [1.807, 2.05) is 31.2 Å². The summed E-state index contributed by atoms with van der Waals surface area (Å²) in [5.74, 6) is 1.80. The molecule has 0 aliphatic heterocycles. The van der Waals surface area contributed by atoms with Gasteiger partial charge in [0.05, 0.1) is 16.8 Å². The molecule has 0 saturated heterocycles. The van der Waals surface area contributed by atoms with Crippen LogP contribution in [0.25, 0.3) is 21.5 Å². The number of thiazole rings is 1. The van der Waals surface area contributed by atoms with Gasteiger partial charge in [0.25, 0.3) is 0 Å². The molecule has 0 radical (unpaired) electrons. The van der Waals surface area contributed by atoms with Crippen LogP contribution in [0.3, 0.4) is 0 Å². The molecule has 2 heterocycles. The number of aryl methyl sites for hydroxylation is 1. The Labute approximate surface area is 162 Å². The molecule has 0 aliphatic rings. The second-order valence-electron chi connectivity index (χ2n) is 5.87. The van der Waals surface area contributed by atoms with Gasteiger partial charge in [-0.05, 0) is 32.1 Å². The zero-order chi connectivity index (χ0) is 18.5. The van der Waals surface area contributed by atoms with Crippen molar-refractivity contribution in [1.82, 2.24) is 20.1 Å². The maximum absolute atomic E-state index is 5.34. The highest BCUT2D eigenvalue weighted by molar-refractivity contribution is 7.99. The van der Waals surface area contributed by atoms with Gasteiger partial charge in [-0.15, -0.1) is 33.3 Å². The van der Waals surface area contributed by atoms with Crippen molar-refractivity contribution >= 4 is 33.3 Å². The zero-order valence-electron chi connectivity index (χ0n) is 15.7. The lowest BCUT2D eigenvalue weighted by Gasteiger charge is -2.17. The standard InChI is InChI=1S/C19H24N4OS2/c1-5-23(6-2)10-11-25-19-17-18(26-13(3)20-17)16(21-22-19)14-8-7-9-15(12-14)24-4/h7-9,12H,5-6,10-11H2,1-4H3. The first kappa shape index (κ1) is 19.1. The molecule has 138 valence electrons. The molecule has 0 spiro atoms. The predicted molar refractivity (Wildman–Crippen MR) is 110 cm³/mol. The largest absolute Gasteiger partial charge is 0.497 e. The second kappa shape index (κ2) is 8.79. The van der Waals surface area contributed by atoms with Crippen LogP contribution in [0.1, 0.15) is 18.9 Å². The summed E-state index contributed by atoms with van der Waals surface area (Å²) in [6, 6.07) is 7.94. The highest BCUT2D eigenvalue weighted by Gasteiger charge is 2.16. The first-order valence-corrected chi connectivity index (χ1v) is 10.6. The van der Waals surface area contributed by atoms with Crippen molar-refractivity contribution in [1.29, 1.82) is 0 Å². The van der Waals surface area contributed by atoms with Crippen LogP contribution in [0, 0.1) is 6.92 Å². The summed E-state index contributed by atoms with van der Waals surface area (Å²) in [6.07, 6.45) is 0. The Morgan fingerprint density at radius 1 is 1.19 bits per heavy atom. The fourth-order valence-corrected chi connectivity index (χ4v) is 4.71. The molecule has 0 bridgehead atoms. The van der Waals surface area contributed by atoms with E-state index in [0.29, 0.717) is 0 Å². The molecule has 0 unspecified atom stereocenters. The maximum Gasteiger partial charge on any atom is 0.146 e. The molecule has 5 nitrogen and oxygen atoms in total. The Bertz CT molecular complexity index is 877. The van der Waals surface area contributed by atoms with Crippen molar-refractivity contribution < 1.29 is 4.74 Å². The minimum absolute atomic E-state index is 0.816. The summed E-state index contributed by atoms with van der Waals surface area (Å²) in [7, 11) is 1.67. The molecule has 2 aromatic heterocycles. The van der Waals surface area contributed by atoms with E-state index in [9.17, 15) is 0 Å². The number of methoxy groups -OCH3 is 1. The van der Waals surface area contributed by atoms with Crippen molar-refractivity contribution in [3.05, 3.63) is 29.3 Å². The third-order valence-corrected chi connectivity index (χ3v) is 6.19. The quantitative estimate of drug-likeness (QED) is 0.530. The third kappa shape index (κ3) is 4.16. The summed E-state index contributed by atoms with van der Waals surface area (Å²) in [5.41, 5.74) is 2.84. The fourth-order valence-electron chi connectivity index (χ4n) is 2.79. The fraction of sp³-hybridized carbons (Fsp3) is 0.421. The van der Waals surface area contributed by atoms with E-state index >= 15 is 0 Å². The Hall–Kier alpha value is -1.70. The van der Waals surface area contributed by atoms with Gasteiger partial charge in [0.1, 0.15) is 22.0 Å². The molecule has 0 aliphatic carbocycles. The van der Waals surface area contributed by atoms with Crippen molar-refractivity contribution in [2.24, 2.45) is 0 Å². The Morgan fingerprint density at radius 3 is 2.73 bits per heavy atom. The average molecular weight is 389 g/mol. The van der Waals surface area contributed by atoms with Gasteiger partial charge in [0.2, 0.25) is 0 Å². The number of benzene rings is 1. The molecule has 0 N–H and O–H groups in total. The number of nitrogens with zero attached hydrogens (tertiary/aromatic N) is 4. The van der Waals surface area contributed by atoms with Crippen LogP contribution in [0.2, 0.25) is 0 Å². The van der Waals surface area contributed by atoms with E-state index in [0.717, 1.165) is 62.6 Å². The average Bonchev–Trinajstić information content (AvgIpc) is 3.06. The zero-order valence-corrected chi connectivity index (χ0v) is 17.3. The van der Waals surface area contributed by atoms with Gasteiger partial charge in [0, 0.05) is 17.9 Å². The van der Waals surface area contributed by atoms with Gasteiger partial charge in [-0.25, -0.2) is 4.98 Å². The molecule has 0 amide bonds. The minimum atomic E-state index is 0.816. The summed E-state index contributed by atoms with van der Waals surface area (Å²) in [6.45, 7) is 9.61. The Balaban J connectivity index is 1.91. The van der Waals surface area contributed by atoms with Crippen LogP contribution in [-0.4, -0.2) is 52.6 Å². The van der Waals surface area contributed by atoms with E-state index in [2.05, 4.69) is 28.9 Å². The minimum Gasteiger partial charge on any atom is -0.497 e. The third-order valence-electron chi connectivity index (χ3n) is 4.28. The van der Waals surface area contributed by atoms with Crippen LogP contribution in [-0.2, 0) is 0 Å². The van der Waals surface area contributed by atoms with Crippen molar-refractivity contribution in [2.45, 2.75) is 25.8 Å². The summed E-state index contributed by atoms with van der Waals surface area (Å²) in [4.78, 5) is 7.14. The van der Waals surface area contributed by atoms with Gasteiger partial charge in [-0.3, -0.25) is 0 Å². The first-order valence-electron chi connectivity index (χ1n) is 8.79. The molecular weight excluding hydrogens is 364 g/mol. The van der Waals surface area contributed by atoms with Gasteiger partial charge < -0.3 is 9.64 Å². The monoisotopic (exact) mass is 388 g/mol. The van der Waals surface area contributed by atoms with Gasteiger partial charge in [-0.2, -0.15) is 0 Å². The molecule has 3 rings (SSSR count). The molecule has 0 atom stereocenters. The van der Waals surface area contributed by atoms with Crippen LogP contribution in [0.5, 0.6) is 5.75 Å².